The Labute approximate surface area is 150 Å². The second-order valence-corrected chi connectivity index (χ2v) is 7.18. The molecule has 24 heavy (non-hydrogen) atoms. The van der Waals surface area contributed by atoms with E-state index in [4.69, 9.17) is 5.73 Å². The van der Waals surface area contributed by atoms with Crippen molar-refractivity contribution in [2.24, 2.45) is 17.6 Å². The van der Waals surface area contributed by atoms with Crippen LogP contribution in [0.25, 0.3) is 0 Å². The van der Waals surface area contributed by atoms with Crippen LogP contribution in [0.2, 0.25) is 0 Å². The molecule has 1 aromatic carbocycles. The van der Waals surface area contributed by atoms with Crippen molar-refractivity contribution in [2.45, 2.75) is 63.5 Å². The first-order chi connectivity index (χ1) is 11.1. The summed E-state index contributed by atoms with van der Waals surface area (Å²) in [5.74, 6) is 0.160. The van der Waals surface area contributed by atoms with Crippen LogP contribution in [-0.2, 0) is 4.79 Å². The van der Waals surface area contributed by atoms with Gasteiger partial charge in [0, 0.05) is 17.5 Å². The molecule has 2 aliphatic rings. The van der Waals surface area contributed by atoms with Crippen LogP contribution in [0.1, 0.15) is 63.0 Å². The Kier molecular flexibility index (Phi) is 7.05. The fraction of sp³-hybridized carbons (Fsp3) is 0.632. The lowest BCUT2D eigenvalue weighted by atomic mass is 9.84. The van der Waals surface area contributed by atoms with Gasteiger partial charge in [0.1, 0.15) is 5.82 Å². The van der Waals surface area contributed by atoms with E-state index in [1.807, 2.05) is 12.1 Å². The maximum absolute atomic E-state index is 14.3. The van der Waals surface area contributed by atoms with Gasteiger partial charge < -0.3 is 11.1 Å². The molecule has 2 fully saturated rings. The Bertz CT molecular complexity index is 548. The monoisotopic (exact) mass is 354 g/mol. The molecule has 3 N–H and O–H groups in total. The Morgan fingerprint density at radius 3 is 2.50 bits per heavy atom. The van der Waals surface area contributed by atoms with Crippen LogP contribution in [0.15, 0.2) is 24.3 Å². The molecule has 3 unspecified atom stereocenters. The lowest BCUT2D eigenvalue weighted by Gasteiger charge is -2.30. The molecule has 3 rings (SSSR count). The molecule has 0 saturated heterocycles. The fourth-order valence-corrected chi connectivity index (χ4v) is 4.20. The average molecular weight is 355 g/mol. The lowest BCUT2D eigenvalue weighted by Crippen LogP contribution is -2.41. The second kappa shape index (κ2) is 8.82. The van der Waals surface area contributed by atoms with Crippen molar-refractivity contribution in [3.05, 3.63) is 35.6 Å². The number of rotatable bonds is 4. The van der Waals surface area contributed by atoms with E-state index in [2.05, 4.69) is 5.32 Å². The number of nitrogens with one attached hydrogen (secondary N) is 1. The Balaban J connectivity index is 0.00000208. The molecule has 1 aromatic rings. The maximum Gasteiger partial charge on any atom is 0.223 e. The van der Waals surface area contributed by atoms with E-state index in [1.54, 1.807) is 6.07 Å². The van der Waals surface area contributed by atoms with Gasteiger partial charge in [-0.15, -0.1) is 12.4 Å². The summed E-state index contributed by atoms with van der Waals surface area (Å²) in [6.07, 6.45) is 8.11. The van der Waals surface area contributed by atoms with Crippen molar-refractivity contribution in [3.63, 3.8) is 0 Å². The normalized spacial score (nSPS) is 25.8. The zero-order chi connectivity index (χ0) is 16.2. The van der Waals surface area contributed by atoms with Crippen molar-refractivity contribution < 1.29 is 9.18 Å². The van der Waals surface area contributed by atoms with Crippen molar-refractivity contribution in [1.82, 2.24) is 5.32 Å². The van der Waals surface area contributed by atoms with Gasteiger partial charge in [0.25, 0.3) is 0 Å². The predicted octanol–water partition coefficient (Wildman–Crippen LogP) is 4.11. The molecule has 0 radical (unpaired) electrons. The van der Waals surface area contributed by atoms with E-state index in [0.717, 1.165) is 38.5 Å². The van der Waals surface area contributed by atoms with Gasteiger partial charge in [-0.1, -0.05) is 37.5 Å². The second-order valence-electron chi connectivity index (χ2n) is 7.18. The predicted molar refractivity (Wildman–Crippen MR) is 96.4 cm³/mol. The van der Waals surface area contributed by atoms with Crippen LogP contribution >= 0.6 is 12.4 Å². The van der Waals surface area contributed by atoms with Gasteiger partial charge in [-0.3, -0.25) is 4.79 Å². The quantitative estimate of drug-likeness (QED) is 0.854. The third kappa shape index (κ3) is 4.48. The van der Waals surface area contributed by atoms with Gasteiger partial charge in [0.2, 0.25) is 5.91 Å². The molecule has 0 aliphatic heterocycles. The van der Waals surface area contributed by atoms with Gasteiger partial charge in [-0.05, 0) is 44.1 Å². The summed E-state index contributed by atoms with van der Waals surface area (Å²) < 4.78 is 14.3. The van der Waals surface area contributed by atoms with Gasteiger partial charge >= 0.3 is 0 Å². The molecule has 2 aliphatic carbocycles. The minimum atomic E-state index is -0.218. The number of carbonyl (C=O) groups excluding carboxylic acids is 1. The number of hydrogen-bond acceptors (Lipinski definition) is 2. The minimum absolute atomic E-state index is 0. The van der Waals surface area contributed by atoms with E-state index in [9.17, 15) is 9.18 Å². The number of carbonyl (C=O) groups is 1. The zero-order valence-electron chi connectivity index (χ0n) is 14.0. The van der Waals surface area contributed by atoms with Crippen molar-refractivity contribution >= 4 is 18.3 Å². The standard InChI is InChI=1S/C19H27FN2O.ClH/c20-17-11-4-3-10-16(17)18(13-6-1-2-7-13)22-19(23)14-8-5-9-15(21)12-14;/h3-4,10-11,13-15,18H,1-2,5-9,12,21H2,(H,22,23);1H. The van der Waals surface area contributed by atoms with E-state index in [1.165, 1.54) is 18.9 Å². The molecular weight excluding hydrogens is 327 g/mol. The molecule has 1 amide bonds. The lowest BCUT2D eigenvalue weighted by molar-refractivity contribution is -0.127. The number of hydrogen-bond donors (Lipinski definition) is 2. The highest BCUT2D eigenvalue weighted by Gasteiger charge is 2.32. The van der Waals surface area contributed by atoms with Crippen molar-refractivity contribution in [2.75, 3.05) is 0 Å². The summed E-state index contributed by atoms with van der Waals surface area (Å²) in [5, 5.41) is 3.17. The molecule has 0 spiro atoms. The average Bonchev–Trinajstić information content (AvgIpc) is 3.07. The van der Waals surface area contributed by atoms with E-state index >= 15 is 0 Å². The first-order valence-electron chi connectivity index (χ1n) is 8.95. The van der Waals surface area contributed by atoms with Crippen molar-refractivity contribution in [1.29, 1.82) is 0 Å². The molecule has 0 bridgehead atoms. The Morgan fingerprint density at radius 2 is 1.83 bits per heavy atom. The number of benzene rings is 1. The van der Waals surface area contributed by atoms with Crippen LogP contribution < -0.4 is 11.1 Å². The van der Waals surface area contributed by atoms with E-state index in [0.29, 0.717) is 11.5 Å². The summed E-state index contributed by atoms with van der Waals surface area (Å²) in [5.41, 5.74) is 6.64. The molecule has 3 nitrogen and oxygen atoms in total. The topological polar surface area (TPSA) is 55.1 Å². The van der Waals surface area contributed by atoms with Gasteiger partial charge in [0.05, 0.1) is 6.04 Å². The van der Waals surface area contributed by atoms with Crippen LogP contribution in [0.4, 0.5) is 4.39 Å². The van der Waals surface area contributed by atoms with Crippen molar-refractivity contribution in [3.8, 4) is 0 Å². The first-order valence-corrected chi connectivity index (χ1v) is 8.95. The summed E-state index contributed by atoms with van der Waals surface area (Å²) in [6.45, 7) is 0. The third-order valence-electron chi connectivity index (χ3n) is 5.49. The molecule has 0 heterocycles. The first kappa shape index (κ1) is 19.2. The van der Waals surface area contributed by atoms with Crippen LogP contribution in [0.3, 0.4) is 0 Å². The minimum Gasteiger partial charge on any atom is -0.349 e. The fourth-order valence-electron chi connectivity index (χ4n) is 4.20. The smallest absolute Gasteiger partial charge is 0.223 e. The molecule has 5 heteroatoms. The summed E-state index contributed by atoms with van der Waals surface area (Å²) in [4.78, 5) is 12.7. The van der Waals surface area contributed by atoms with E-state index < -0.39 is 0 Å². The van der Waals surface area contributed by atoms with Crippen LogP contribution in [-0.4, -0.2) is 11.9 Å². The van der Waals surface area contributed by atoms with Gasteiger partial charge in [-0.2, -0.15) is 0 Å². The van der Waals surface area contributed by atoms with Gasteiger partial charge in [0.15, 0.2) is 0 Å². The molecule has 3 atom stereocenters. The molecule has 134 valence electrons. The Morgan fingerprint density at radius 1 is 1.12 bits per heavy atom. The zero-order valence-corrected chi connectivity index (χ0v) is 14.9. The summed E-state index contributed by atoms with van der Waals surface area (Å²) in [6, 6.07) is 6.77. The van der Waals surface area contributed by atoms with Gasteiger partial charge in [-0.25, -0.2) is 4.39 Å². The Hall–Kier alpha value is -1.13. The number of halogens is 2. The number of amides is 1. The molecule has 2 saturated carbocycles. The highest BCUT2D eigenvalue weighted by molar-refractivity contribution is 5.85. The largest absolute Gasteiger partial charge is 0.349 e. The third-order valence-corrected chi connectivity index (χ3v) is 5.49. The maximum atomic E-state index is 14.3. The highest BCUT2D eigenvalue weighted by Crippen LogP contribution is 2.37. The number of nitrogens with two attached hydrogens (primary N) is 1. The summed E-state index contributed by atoms with van der Waals surface area (Å²) >= 11 is 0. The van der Waals surface area contributed by atoms with Crippen LogP contribution in [0.5, 0.6) is 0 Å². The van der Waals surface area contributed by atoms with Crippen LogP contribution in [0, 0.1) is 17.7 Å². The summed E-state index contributed by atoms with van der Waals surface area (Å²) in [7, 11) is 0. The highest BCUT2D eigenvalue weighted by atomic mass is 35.5. The molecular formula is C19H28ClFN2O. The molecule has 0 aromatic heterocycles. The SMILES string of the molecule is Cl.NC1CCCC(C(=O)NC(c2ccccc2F)C2CCCC2)C1. The van der Waals surface area contributed by atoms with E-state index in [-0.39, 0.29) is 42.1 Å².